The topological polar surface area (TPSA) is 52.6 Å². The van der Waals surface area contributed by atoms with Crippen LogP contribution in [0, 0.1) is 0 Å². The summed E-state index contributed by atoms with van der Waals surface area (Å²) in [6.45, 7) is 2.81. The number of ether oxygens (including phenoxy) is 2. The molecule has 0 radical (unpaired) electrons. The maximum atomic E-state index is 10.7. The van der Waals surface area contributed by atoms with Gasteiger partial charge < -0.3 is 9.47 Å². The number of hydrogen-bond donors (Lipinski definition) is 0. The fourth-order valence-electron chi connectivity index (χ4n) is 1.31. The third-order valence-corrected chi connectivity index (χ3v) is 3.09. The maximum Gasteiger partial charge on any atom is 0.303 e. The Labute approximate surface area is 87.3 Å². The summed E-state index contributed by atoms with van der Waals surface area (Å²) < 4.78 is 10.1. The molecule has 14 heavy (non-hydrogen) atoms. The Bertz CT molecular complexity index is 197. The van der Waals surface area contributed by atoms with E-state index in [2.05, 4.69) is 0 Å². The fraction of sp³-hybridized carbons (Fsp3) is 0.778. The van der Waals surface area contributed by atoms with E-state index in [0.717, 1.165) is 12.8 Å². The van der Waals surface area contributed by atoms with Gasteiger partial charge in [0, 0.05) is 19.6 Å². The predicted molar refractivity (Wildman–Crippen MR) is 52.8 cm³/mol. The lowest BCUT2D eigenvalue weighted by molar-refractivity contribution is -0.148. The molecule has 1 fully saturated rings. The van der Waals surface area contributed by atoms with Gasteiger partial charge >= 0.3 is 11.9 Å². The van der Waals surface area contributed by atoms with Crippen LogP contribution in [0.15, 0.2) is 0 Å². The highest BCUT2D eigenvalue weighted by Crippen LogP contribution is 2.28. The summed E-state index contributed by atoms with van der Waals surface area (Å²) in [6, 6.07) is 0. The highest BCUT2D eigenvalue weighted by atomic mass is 32.2. The van der Waals surface area contributed by atoms with Crippen LogP contribution in [0.2, 0.25) is 0 Å². The molecule has 4 nitrogen and oxygen atoms in total. The van der Waals surface area contributed by atoms with E-state index in [1.165, 1.54) is 25.6 Å². The van der Waals surface area contributed by atoms with Crippen LogP contribution >= 0.6 is 11.8 Å². The molecule has 0 aromatic heterocycles. The number of carbonyl (C=O) groups is 2. The summed E-state index contributed by atoms with van der Waals surface area (Å²) in [7, 11) is 0. The molecular formula is C9H14O4S. The van der Waals surface area contributed by atoms with Crippen molar-refractivity contribution in [2.45, 2.75) is 38.2 Å². The van der Waals surface area contributed by atoms with Crippen LogP contribution in [-0.2, 0) is 19.1 Å². The number of rotatable bonds is 2. The average Bonchev–Trinajstić information content (AvgIpc) is 2.06. The Morgan fingerprint density at radius 1 is 1.14 bits per heavy atom. The van der Waals surface area contributed by atoms with Gasteiger partial charge in [0.25, 0.3) is 0 Å². The lowest BCUT2D eigenvalue weighted by Crippen LogP contribution is -2.28. The van der Waals surface area contributed by atoms with Gasteiger partial charge in [-0.1, -0.05) is 0 Å². The van der Waals surface area contributed by atoms with E-state index in [-0.39, 0.29) is 23.5 Å². The summed E-state index contributed by atoms with van der Waals surface area (Å²) >= 11 is 1.52. The van der Waals surface area contributed by atoms with Crippen molar-refractivity contribution in [2.75, 3.05) is 5.75 Å². The molecule has 0 spiro atoms. The van der Waals surface area contributed by atoms with Crippen molar-refractivity contribution in [1.82, 2.24) is 0 Å². The van der Waals surface area contributed by atoms with Gasteiger partial charge in [-0.25, -0.2) is 0 Å². The second kappa shape index (κ2) is 5.24. The summed E-state index contributed by atoms with van der Waals surface area (Å²) in [5, 5.41) is 0. The van der Waals surface area contributed by atoms with Crippen LogP contribution in [0.3, 0.4) is 0 Å². The van der Waals surface area contributed by atoms with Crippen molar-refractivity contribution >= 4 is 23.7 Å². The van der Waals surface area contributed by atoms with Gasteiger partial charge in [0.05, 0.1) is 0 Å². The van der Waals surface area contributed by atoms with Crippen LogP contribution in [0.4, 0.5) is 0 Å². The molecule has 0 unspecified atom stereocenters. The van der Waals surface area contributed by atoms with Crippen molar-refractivity contribution in [1.29, 1.82) is 0 Å². The Morgan fingerprint density at radius 3 is 2.21 bits per heavy atom. The van der Waals surface area contributed by atoms with Crippen molar-refractivity contribution in [3.05, 3.63) is 0 Å². The lowest BCUT2D eigenvalue weighted by Gasteiger charge is -2.26. The molecule has 0 saturated carbocycles. The number of thioether (sulfide) groups is 1. The van der Waals surface area contributed by atoms with Crippen molar-refractivity contribution < 1.29 is 19.1 Å². The Hall–Kier alpha value is -0.710. The van der Waals surface area contributed by atoms with Crippen LogP contribution in [0.25, 0.3) is 0 Å². The number of esters is 2. The molecule has 1 rings (SSSR count). The zero-order valence-corrected chi connectivity index (χ0v) is 9.13. The largest absolute Gasteiger partial charge is 0.462 e. The van der Waals surface area contributed by atoms with Gasteiger partial charge in [-0.2, -0.15) is 0 Å². The molecule has 2 atom stereocenters. The Morgan fingerprint density at radius 2 is 1.79 bits per heavy atom. The van der Waals surface area contributed by atoms with Gasteiger partial charge in [-0.05, 0) is 12.8 Å². The molecule has 0 N–H and O–H groups in total. The normalized spacial score (nSPS) is 26.7. The Kier molecular flexibility index (Phi) is 4.25. The first-order chi connectivity index (χ1) is 6.58. The van der Waals surface area contributed by atoms with Crippen molar-refractivity contribution in [2.24, 2.45) is 0 Å². The zero-order valence-electron chi connectivity index (χ0n) is 8.32. The molecule has 0 bridgehead atoms. The highest BCUT2D eigenvalue weighted by molar-refractivity contribution is 7.99. The van der Waals surface area contributed by atoms with E-state index in [0.29, 0.717) is 5.75 Å². The maximum absolute atomic E-state index is 10.7. The van der Waals surface area contributed by atoms with Gasteiger partial charge in [0.15, 0.2) is 0 Å². The number of carbonyl (C=O) groups excluding carboxylic acids is 2. The van der Waals surface area contributed by atoms with Gasteiger partial charge in [0.1, 0.15) is 11.5 Å². The molecule has 1 aliphatic rings. The van der Waals surface area contributed by atoms with Gasteiger partial charge in [0.2, 0.25) is 0 Å². The van der Waals surface area contributed by atoms with E-state index in [4.69, 9.17) is 9.47 Å². The van der Waals surface area contributed by atoms with Crippen LogP contribution < -0.4 is 0 Å². The zero-order chi connectivity index (χ0) is 10.6. The van der Waals surface area contributed by atoms with Crippen molar-refractivity contribution in [3.8, 4) is 0 Å². The molecule has 0 aromatic carbocycles. The third-order valence-electron chi connectivity index (χ3n) is 1.82. The second-order valence-corrected chi connectivity index (χ2v) is 4.37. The summed E-state index contributed by atoms with van der Waals surface area (Å²) in [6.07, 6.45) is 1.50. The predicted octanol–water partition coefficient (Wildman–Crippen LogP) is 1.33. The summed E-state index contributed by atoms with van der Waals surface area (Å²) in [4.78, 5) is 21.3. The minimum atomic E-state index is -0.256. The van der Waals surface area contributed by atoms with E-state index in [1.54, 1.807) is 0 Å². The van der Waals surface area contributed by atoms with Gasteiger partial charge in [-0.3, -0.25) is 9.59 Å². The SMILES string of the molecule is CC(=O)O[C@H]1CC[C@@H](OC(C)=O)SC1. The first-order valence-electron chi connectivity index (χ1n) is 4.54. The first kappa shape index (κ1) is 11.4. The van der Waals surface area contributed by atoms with E-state index < -0.39 is 0 Å². The molecule has 1 aliphatic heterocycles. The lowest BCUT2D eigenvalue weighted by atomic mass is 10.2. The van der Waals surface area contributed by atoms with Crippen molar-refractivity contribution in [3.63, 3.8) is 0 Å². The quantitative estimate of drug-likeness (QED) is 0.654. The van der Waals surface area contributed by atoms with E-state index in [9.17, 15) is 9.59 Å². The first-order valence-corrected chi connectivity index (χ1v) is 5.59. The molecule has 5 heteroatoms. The standard InChI is InChI=1S/C9H14O4S/c1-6(10)12-8-3-4-9(14-5-8)13-7(2)11/h8-9H,3-5H2,1-2H3/t8-,9-/m0/s1. The number of hydrogen-bond acceptors (Lipinski definition) is 5. The molecule has 1 saturated heterocycles. The van der Waals surface area contributed by atoms with Crippen LogP contribution in [0.1, 0.15) is 26.7 Å². The molecule has 80 valence electrons. The third kappa shape index (κ3) is 4.00. The fourth-order valence-corrected chi connectivity index (χ4v) is 2.48. The van der Waals surface area contributed by atoms with E-state index >= 15 is 0 Å². The van der Waals surface area contributed by atoms with Gasteiger partial charge in [-0.15, -0.1) is 11.8 Å². The Balaban J connectivity index is 2.24. The molecule has 0 amide bonds. The molecular weight excluding hydrogens is 204 g/mol. The minimum absolute atomic E-state index is 0.0238. The molecule has 1 heterocycles. The second-order valence-electron chi connectivity index (χ2n) is 3.18. The van der Waals surface area contributed by atoms with E-state index in [1.807, 2.05) is 0 Å². The monoisotopic (exact) mass is 218 g/mol. The molecule has 0 aromatic rings. The highest BCUT2D eigenvalue weighted by Gasteiger charge is 2.25. The summed E-state index contributed by atoms with van der Waals surface area (Å²) in [5.74, 6) is 0.201. The average molecular weight is 218 g/mol. The molecule has 0 aliphatic carbocycles. The smallest absolute Gasteiger partial charge is 0.303 e. The van der Waals surface area contributed by atoms with Crippen LogP contribution in [0.5, 0.6) is 0 Å². The van der Waals surface area contributed by atoms with Crippen LogP contribution in [-0.4, -0.2) is 29.2 Å². The summed E-state index contributed by atoms with van der Waals surface area (Å²) in [5.41, 5.74) is -0.0701. The minimum Gasteiger partial charge on any atom is -0.462 e.